The number of aromatic nitrogens is 2. The summed E-state index contributed by atoms with van der Waals surface area (Å²) in [5.41, 5.74) is 2.04. The molecule has 0 aliphatic rings. The molecule has 0 N–H and O–H groups in total. The average molecular weight is 200 g/mol. The molecule has 0 saturated heterocycles. The quantitative estimate of drug-likeness (QED) is 0.707. The van der Waals surface area contributed by atoms with Gasteiger partial charge in [-0.1, -0.05) is 18.2 Å². The summed E-state index contributed by atoms with van der Waals surface area (Å²) in [7, 11) is 0. The van der Waals surface area contributed by atoms with Crippen molar-refractivity contribution in [2.24, 2.45) is 0 Å². The molecule has 3 nitrogen and oxygen atoms in total. The van der Waals surface area contributed by atoms with Crippen LogP contribution < -0.4 is 0 Å². The Morgan fingerprint density at radius 1 is 1.27 bits per heavy atom. The number of aldehydes is 1. The van der Waals surface area contributed by atoms with Gasteiger partial charge >= 0.3 is 0 Å². The van der Waals surface area contributed by atoms with E-state index in [9.17, 15) is 4.79 Å². The standard InChI is InChI=1S/C12H12N2O/c15-8-4-5-11-9-14(10-13-11)12-6-2-1-3-7-12/h1-3,6-10H,4-5H2. The fraction of sp³-hybridized carbons (Fsp3) is 0.167. The third kappa shape index (κ3) is 2.31. The summed E-state index contributed by atoms with van der Waals surface area (Å²) < 4.78 is 1.96. The first-order valence-corrected chi connectivity index (χ1v) is 4.92. The summed E-state index contributed by atoms with van der Waals surface area (Å²) in [4.78, 5) is 14.5. The van der Waals surface area contributed by atoms with Gasteiger partial charge in [0, 0.05) is 18.3 Å². The van der Waals surface area contributed by atoms with Gasteiger partial charge < -0.3 is 9.36 Å². The summed E-state index contributed by atoms with van der Waals surface area (Å²) in [5.74, 6) is 0. The van der Waals surface area contributed by atoms with Crippen LogP contribution in [-0.2, 0) is 11.2 Å². The molecule has 0 aliphatic heterocycles. The first-order chi connectivity index (χ1) is 7.40. The van der Waals surface area contributed by atoms with Gasteiger partial charge in [-0.3, -0.25) is 0 Å². The zero-order valence-electron chi connectivity index (χ0n) is 8.34. The maximum Gasteiger partial charge on any atom is 0.120 e. The summed E-state index contributed by atoms with van der Waals surface area (Å²) in [5, 5.41) is 0. The smallest absolute Gasteiger partial charge is 0.120 e. The third-order valence-corrected chi connectivity index (χ3v) is 2.21. The van der Waals surface area contributed by atoms with Gasteiger partial charge in [0.15, 0.2) is 0 Å². The normalized spacial score (nSPS) is 10.1. The number of rotatable bonds is 4. The minimum atomic E-state index is 0.534. The van der Waals surface area contributed by atoms with Crippen LogP contribution in [0.25, 0.3) is 5.69 Å². The second-order valence-corrected chi connectivity index (χ2v) is 3.31. The molecule has 1 aromatic carbocycles. The highest BCUT2D eigenvalue weighted by Crippen LogP contribution is 2.08. The van der Waals surface area contributed by atoms with E-state index < -0.39 is 0 Å². The van der Waals surface area contributed by atoms with Crippen LogP contribution >= 0.6 is 0 Å². The molecule has 0 radical (unpaired) electrons. The van der Waals surface area contributed by atoms with E-state index >= 15 is 0 Å². The fourth-order valence-electron chi connectivity index (χ4n) is 1.44. The van der Waals surface area contributed by atoms with E-state index in [1.807, 2.05) is 41.1 Å². The maximum atomic E-state index is 10.2. The summed E-state index contributed by atoms with van der Waals surface area (Å²) >= 11 is 0. The van der Waals surface area contributed by atoms with Crippen molar-refractivity contribution in [2.45, 2.75) is 12.8 Å². The molecule has 1 aromatic heterocycles. The largest absolute Gasteiger partial charge is 0.306 e. The van der Waals surface area contributed by atoms with Crippen LogP contribution in [0.4, 0.5) is 0 Å². The molecule has 0 atom stereocenters. The van der Waals surface area contributed by atoms with Gasteiger partial charge in [-0.2, -0.15) is 0 Å². The Kier molecular flexibility index (Phi) is 2.93. The lowest BCUT2D eigenvalue weighted by atomic mass is 10.3. The Morgan fingerprint density at radius 2 is 2.07 bits per heavy atom. The topological polar surface area (TPSA) is 34.9 Å². The molecule has 3 heteroatoms. The van der Waals surface area contributed by atoms with Gasteiger partial charge in [0.05, 0.1) is 12.0 Å². The van der Waals surface area contributed by atoms with Crippen molar-refractivity contribution in [1.29, 1.82) is 0 Å². The van der Waals surface area contributed by atoms with E-state index in [0.717, 1.165) is 17.7 Å². The molecule has 0 saturated carbocycles. The van der Waals surface area contributed by atoms with Crippen LogP contribution in [0.5, 0.6) is 0 Å². The van der Waals surface area contributed by atoms with Crippen LogP contribution in [0, 0.1) is 0 Å². The van der Waals surface area contributed by atoms with E-state index in [1.54, 1.807) is 6.33 Å². The SMILES string of the molecule is O=CCCc1cn(-c2ccccc2)cn1. The van der Waals surface area contributed by atoms with E-state index in [2.05, 4.69) is 4.98 Å². The van der Waals surface area contributed by atoms with Crippen molar-refractivity contribution >= 4 is 6.29 Å². The van der Waals surface area contributed by atoms with Gasteiger partial charge in [0.25, 0.3) is 0 Å². The van der Waals surface area contributed by atoms with Crippen LogP contribution in [0.15, 0.2) is 42.9 Å². The van der Waals surface area contributed by atoms with Gasteiger partial charge in [0.2, 0.25) is 0 Å². The summed E-state index contributed by atoms with van der Waals surface area (Å²) in [6.45, 7) is 0. The molecular formula is C12H12N2O. The second kappa shape index (κ2) is 4.55. The molecule has 2 rings (SSSR count). The molecule has 0 spiro atoms. The zero-order chi connectivity index (χ0) is 10.5. The molecule has 0 unspecified atom stereocenters. The monoisotopic (exact) mass is 200 g/mol. The number of carbonyl (C=O) groups excluding carboxylic acids is 1. The lowest BCUT2D eigenvalue weighted by Crippen LogP contribution is -1.89. The molecule has 0 bridgehead atoms. The molecule has 15 heavy (non-hydrogen) atoms. The van der Waals surface area contributed by atoms with Crippen LogP contribution in [0.3, 0.4) is 0 Å². The van der Waals surface area contributed by atoms with Gasteiger partial charge in [-0.15, -0.1) is 0 Å². The van der Waals surface area contributed by atoms with E-state index in [0.29, 0.717) is 12.8 Å². The fourth-order valence-corrected chi connectivity index (χ4v) is 1.44. The number of imidazole rings is 1. The molecule has 0 aliphatic carbocycles. The van der Waals surface area contributed by atoms with Crippen molar-refractivity contribution < 1.29 is 4.79 Å². The van der Waals surface area contributed by atoms with Crippen molar-refractivity contribution in [3.63, 3.8) is 0 Å². The van der Waals surface area contributed by atoms with Crippen LogP contribution in [-0.4, -0.2) is 15.8 Å². The van der Waals surface area contributed by atoms with Crippen molar-refractivity contribution in [3.8, 4) is 5.69 Å². The molecule has 1 heterocycles. The summed E-state index contributed by atoms with van der Waals surface area (Å²) in [6, 6.07) is 9.99. The number of hydrogen-bond donors (Lipinski definition) is 0. The lowest BCUT2D eigenvalue weighted by Gasteiger charge is -1.99. The van der Waals surface area contributed by atoms with E-state index in [1.165, 1.54) is 0 Å². The van der Waals surface area contributed by atoms with Crippen LogP contribution in [0.2, 0.25) is 0 Å². The molecule has 0 amide bonds. The number of aryl methyl sites for hydroxylation is 1. The highest BCUT2D eigenvalue weighted by Gasteiger charge is 1.99. The van der Waals surface area contributed by atoms with Gasteiger partial charge in [-0.05, 0) is 18.6 Å². The molecule has 76 valence electrons. The summed E-state index contributed by atoms with van der Waals surface area (Å²) in [6.07, 6.45) is 5.89. The molecule has 0 fully saturated rings. The first-order valence-electron chi connectivity index (χ1n) is 4.92. The second-order valence-electron chi connectivity index (χ2n) is 3.31. The van der Waals surface area contributed by atoms with Crippen LogP contribution in [0.1, 0.15) is 12.1 Å². The third-order valence-electron chi connectivity index (χ3n) is 2.21. The minimum absolute atomic E-state index is 0.534. The Hall–Kier alpha value is -1.90. The molecular weight excluding hydrogens is 188 g/mol. The Labute approximate surface area is 88.4 Å². The first kappa shape index (κ1) is 9.65. The Morgan fingerprint density at radius 3 is 2.80 bits per heavy atom. The number of benzene rings is 1. The number of carbonyl (C=O) groups is 1. The van der Waals surface area contributed by atoms with Crippen molar-refractivity contribution in [1.82, 2.24) is 9.55 Å². The lowest BCUT2D eigenvalue weighted by molar-refractivity contribution is -0.107. The minimum Gasteiger partial charge on any atom is -0.306 e. The Bertz CT molecular complexity index is 434. The number of para-hydroxylation sites is 1. The van der Waals surface area contributed by atoms with Crippen molar-refractivity contribution in [3.05, 3.63) is 48.5 Å². The average Bonchev–Trinajstić information content (AvgIpc) is 2.76. The number of hydrogen-bond acceptors (Lipinski definition) is 2. The van der Waals surface area contributed by atoms with E-state index in [-0.39, 0.29) is 0 Å². The van der Waals surface area contributed by atoms with Gasteiger partial charge in [0.1, 0.15) is 6.29 Å². The predicted octanol–water partition coefficient (Wildman–Crippen LogP) is 2.00. The zero-order valence-corrected chi connectivity index (χ0v) is 8.34. The van der Waals surface area contributed by atoms with Crippen molar-refractivity contribution in [2.75, 3.05) is 0 Å². The van der Waals surface area contributed by atoms with Gasteiger partial charge in [-0.25, -0.2) is 4.98 Å². The Balaban J connectivity index is 2.17. The van der Waals surface area contributed by atoms with E-state index in [4.69, 9.17) is 0 Å². The highest BCUT2D eigenvalue weighted by molar-refractivity contribution is 5.49. The highest BCUT2D eigenvalue weighted by atomic mass is 16.1. The number of nitrogens with zero attached hydrogens (tertiary/aromatic N) is 2. The maximum absolute atomic E-state index is 10.2. The predicted molar refractivity (Wildman–Crippen MR) is 57.9 cm³/mol. The molecule has 2 aromatic rings.